The van der Waals surface area contributed by atoms with Gasteiger partial charge in [0.25, 0.3) is 0 Å². The minimum absolute atomic E-state index is 0.138. The molecule has 1 aromatic carbocycles. The molecule has 0 unspecified atom stereocenters. The second-order valence-corrected chi connectivity index (χ2v) is 4.49. The average Bonchev–Trinajstić information content (AvgIpc) is 2.98. The number of aromatic nitrogens is 4. The third-order valence-electron chi connectivity index (χ3n) is 3.01. The van der Waals surface area contributed by atoms with Gasteiger partial charge in [-0.1, -0.05) is 12.1 Å². The van der Waals surface area contributed by atoms with Crippen LogP contribution < -0.4 is 4.74 Å². The Morgan fingerprint density at radius 2 is 1.86 bits per heavy atom. The van der Waals surface area contributed by atoms with Crippen molar-refractivity contribution < 1.29 is 13.5 Å². The van der Waals surface area contributed by atoms with Crippen molar-refractivity contribution in [3.8, 4) is 17.3 Å². The first-order chi connectivity index (χ1) is 10.7. The van der Waals surface area contributed by atoms with Crippen LogP contribution in [0.3, 0.4) is 0 Å². The molecule has 22 heavy (non-hydrogen) atoms. The van der Waals surface area contributed by atoms with Crippen LogP contribution >= 0.6 is 0 Å². The van der Waals surface area contributed by atoms with Crippen LogP contribution in [0.2, 0.25) is 0 Å². The first-order valence-electron chi connectivity index (χ1n) is 6.53. The van der Waals surface area contributed by atoms with Gasteiger partial charge in [0.1, 0.15) is 11.4 Å². The predicted molar refractivity (Wildman–Crippen MR) is 75.4 cm³/mol. The molecule has 3 rings (SSSR count). The highest BCUT2D eigenvalue weighted by Crippen LogP contribution is 2.18. The lowest BCUT2D eigenvalue weighted by atomic mass is 10.2. The normalized spacial score (nSPS) is 10.9. The van der Waals surface area contributed by atoms with Crippen LogP contribution in [0, 0.1) is 0 Å². The molecule has 5 nitrogen and oxygen atoms in total. The third-order valence-corrected chi connectivity index (χ3v) is 3.01. The molecule has 112 valence electrons. The molecule has 0 aliphatic carbocycles. The summed E-state index contributed by atoms with van der Waals surface area (Å²) >= 11 is 0. The zero-order valence-corrected chi connectivity index (χ0v) is 11.4. The molecule has 2 aromatic heterocycles. The van der Waals surface area contributed by atoms with Gasteiger partial charge in [0.15, 0.2) is 5.82 Å². The fourth-order valence-corrected chi connectivity index (χ4v) is 2.06. The lowest BCUT2D eigenvalue weighted by Gasteiger charge is -2.09. The number of hydrogen-bond acceptors (Lipinski definition) is 4. The molecule has 0 saturated carbocycles. The molecular formula is C15H12F2N4O. The molecule has 0 aliphatic heterocycles. The number of rotatable bonds is 5. The lowest BCUT2D eigenvalue weighted by Crippen LogP contribution is -2.04. The van der Waals surface area contributed by atoms with Gasteiger partial charge in [-0.3, -0.25) is 4.98 Å². The first kappa shape index (κ1) is 14.1. The molecule has 0 bridgehead atoms. The molecule has 0 spiro atoms. The Morgan fingerprint density at radius 3 is 2.55 bits per heavy atom. The molecule has 0 fully saturated rings. The molecule has 0 N–H and O–H groups in total. The summed E-state index contributed by atoms with van der Waals surface area (Å²) in [7, 11) is 0. The van der Waals surface area contributed by atoms with Gasteiger partial charge < -0.3 is 9.30 Å². The van der Waals surface area contributed by atoms with E-state index in [0.717, 1.165) is 5.56 Å². The van der Waals surface area contributed by atoms with Crippen molar-refractivity contribution in [2.75, 3.05) is 0 Å². The third kappa shape index (κ3) is 3.25. The summed E-state index contributed by atoms with van der Waals surface area (Å²) in [6, 6.07) is 6.50. The Morgan fingerprint density at radius 1 is 1.05 bits per heavy atom. The number of alkyl halides is 2. The number of imidazole rings is 1. The largest absolute Gasteiger partial charge is 0.435 e. The predicted octanol–water partition coefficient (Wildman–Crippen LogP) is 2.99. The number of nitrogens with zero attached hydrogens (tertiary/aromatic N) is 4. The Bertz CT molecular complexity index is 729. The van der Waals surface area contributed by atoms with Crippen LogP contribution in [0.4, 0.5) is 8.78 Å². The fraction of sp³-hybridized carbons (Fsp3) is 0.133. The standard InChI is InChI=1S/C15H12F2N4O/c16-15(17)22-12-3-1-11(2-4-12)10-21-8-7-20-14(21)13-9-18-5-6-19-13/h1-9,15H,10H2. The maximum atomic E-state index is 12.1. The molecule has 0 saturated heterocycles. The highest BCUT2D eigenvalue weighted by Gasteiger charge is 2.08. The zero-order valence-electron chi connectivity index (χ0n) is 11.4. The van der Waals surface area contributed by atoms with Crippen molar-refractivity contribution >= 4 is 0 Å². The van der Waals surface area contributed by atoms with Crippen LogP contribution in [-0.2, 0) is 6.54 Å². The number of hydrogen-bond donors (Lipinski definition) is 0. The van der Waals surface area contributed by atoms with Crippen molar-refractivity contribution in [3.63, 3.8) is 0 Å². The summed E-state index contributed by atoms with van der Waals surface area (Å²) in [5.41, 5.74) is 1.61. The highest BCUT2D eigenvalue weighted by atomic mass is 19.3. The van der Waals surface area contributed by atoms with E-state index in [0.29, 0.717) is 18.1 Å². The van der Waals surface area contributed by atoms with E-state index in [2.05, 4.69) is 19.7 Å². The average molecular weight is 302 g/mol. The van der Waals surface area contributed by atoms with Gasteiger partial charge in [-0.2, -0.15) is 8.78 Å². The van der Waals surface area contributed by atoms with E-state index in [1.807, 2.05) is 10.8 Å². The molecular weight excluding hydrogens is 290 g/mol. The quantitative estimate of drug-likeness (QED) is 0.727. The van der Waals surface area contributed by atoms with Gasteiger partial charge in [0, 0.05) is 31.3 Å². The SMILES string of the molecule is FC(F)Oc1ccc(Cn2ccnc2-c2cnccn2)cc1. The minimum Gasteiger partial charge on any atom is -0.435 e. The van der Waals surface area contributed by atoms with Crippen LogP contribution in [0.15, 0.2) is 55.2 Å². The summed E-state index contributed by atoms with van der Waals surface area (Å²) in [5, 5.41) is 0. The Hall–Kier alpha value is -2.83. The highest BCUT2D eigenvalue weighted by molar-refractivity contribution is 5.47. The van der Waals surface area contributed by atoms with Crippen molar-refractivity contribution in [3.05, 3.63) is 60.8 Å². The molecule has 0 radical (unpaired) electrons. The number of benzene rings is 1. The Labute approximate surface area is 125 Å². The van der Waals surface area contributed by atoms with Crippen LogP contribution in [-0.4, -0.2) is 26.1 Å². The number of ether oxygens (including phenoxy) is 1. The van der Waals surface area contributed by atoms with E-state index in [1.54, 1.807) is 36.9 Å². The van der Waals surface area contributed by atoms with E-state index in [9.17, 15) is 8.78 Å². The van der Waals surface area contributed by atoms with Crippen molar-refractivity contribution in [1.82, 2.24) is 19.5 Å². The monoisotopic (exact) mass is 302 g/mol. The Balaban J connectivity index is 1.78. The lowest BCUT2D eigenvalue weighted by molar-refractivity contribution is -0.0498. The molecule has 0 amide bonds. The molecule has 3 aromatic rings. The van der Waals surface area contributed by atoms with E-state index in [1.165, 1.54) is 12.1 Å². The van der Waals surface area contributed by atoms with Gasteiger partial charge in [-0.05, 0) is 17.7 Å². The second-order valence-electron chi connectivity index (χ2n) is 4.49. The summed E-state index contributed by atoms with van der Waals surface area (Å²) in [6.45, 7) is -2.27. The van der Waals surface area contributed by atoms with E-state index in [-0.39, 0.29) is 5.75 Å². The van der Waals surface area contributed by atoms with E-state index in [4.69, 9.17) is 0 Å². The van der Waals surface area contributed by atoms with Crippen molar-refractivity contribution in [2.45, 2.75) is 13.2 Å². The smallest absolute Gasteiger partial charge is 0.387 e. The van der Waals surface area contributed by atoms with Gasteiger partial charge in [-0.25, -0.2) is 9.97 Å². The van der Waals surface area contributed by atoms with Gasteiger partial charge in [-0.15, -0.1) is 0 Å². The van der Waals surface area contributed by atoms with Gasteiger partial charge >= 0.3 is 6.61 Å². The van der Waals surface area contributed by atoms with Crippen LogP contribution in [0.5, 0.6) is 5.75 Å². The molecule has 0 atom stereocenters. The minimum atomic E-state index is -2.82. The second kappa shape index (κ2) is 6.30. The van der Waals surface area contributed by atoms with Crippen molar-refractivity contribution in [2.24, 2.45) is 0 Å². The topological polar surface area (TPSA) is 52.8 Å². The van der Waals surface area contributed by atoms with Gasteiger partial charge in [0.2, 0.25) is 0 Å². The van der Waals surface area contributed by atoms with E-state index < -0.39 is 6.61 Å². The molecule has 0 aliphatic rings. The van der Waals surface area contributed by atoms with Crippen LogP contribution in [0.1, 0.15) is 5.56 Å². The summed E-state index contributed by atoms with van der Waals surface area (Å²) in [6.07, 6.45) is 8.34. The van der Waals surface area contributed by atoms with Crippen LogP contribution in [0.25, 0.3) is 11.5 Å². The maximum Gasteiger partial charge on any atom is 0.387 e. The first-order valence-corrected chi connectivity index (χ1v) is 6.53. The van der Waals surface area contributed by atoms with Gasteiger partial charge in [0.05, 0.1) is 6.20 Å². The van der Waals surface area contributed by atoms with Crippen molar-refractivity contribution in [1.29, 1.82) is 0 Å². The summed E-state index contributed by atoms with van der Waals surface area (Å²) in [5.74, 6) is 0.833. The molecule has 2 heterocycles. The summed E-state index contributed by atoms with van der Waals surface area (Å²) < 4.78 is 30.5. The summed E-state index contributed by atoms with van der Waals surface area (Å²) in [4.78, 5) is 12.5. The zero-order chi connectivity index (χ0) is 15.4. The molecule has 7 heteroatoms. The fourth-order valence-electron chi connectivity index (χ4n) is 2.06. The maximum absolute atomic E-state index is 12.1. The number of halogens is 2. The Kier molecular flexibility index (Phi) is 4.04. The van der Waals surface area contributed by atoms with E-state index >= 15 is 0 Å².